The lowest BCUT2D eigenvalue weighted by molar-refractivity contribution is 0.396. The normalized spacial score (nSPS) is 14.1. The minimum atomic E-state index is 0.554. The number of hydrogen-bond acceptors (Lipinski definition) is 2. The SMILES string of the molecule is C=C(/C=C/c1cccc(N(Cc2ccc(-c3ccc(N(C)C)cc3)cc2)C(=C)C2CCCCC2)c1)CC(C)C. The zero-order valence-corrected chi connectivity index (χ0v) is 24.5. The molecule has 0 heterocycles. The summed E-state index contributed by atoms with van der Waals surface area (Å²) in [5.41, 5.74) is 9.85. The molecule has 204 valence electrons. The van der Waals surface area contributed by atoms with Crippen molar-refractivity contribution in [3.63, 3.8) is 0 Å². The average molecular weight is 519 g/mol. The Kier molecular flexibility index (Phi) is 9.87. The van der Waals surface area contributed by atoms with Gasteiger partial charge in [-0.2, -0.15) is 0 Å². The predicted molar refractivity (Wildman–Crippen MR) is 172 cm³/mol. The van der Waals surface area contributed by atoms with Crippen molar-refractivity contribution in [2.75, 3.05) is 23.9 Å². The highest BCUT2D eigenvalue weighted by molar-refractivity contribution is 5.67. The first-order valence-corrected chi connectivity index (χ1v) is 14.6. The summed E-state index contributed by atoms with van der Waals surface area (Å²) in [5.74, 6) is 1.17. The molecule has 0 spiro atoms. The molecule has 4 rings (SSSR count). The lowest BCUT2D eigenvalue weighted by atomic mass is 9.86. The van der Waals surface area contributed by atoms with Crippen molar-refractivity contribution in [1.29, 1.82) is 0 Å². The van der Waals surface area contributed by atoms with Gasteiger partial charge in [0.25, 0.3) is 0 Å². The Hall–Kier alpha value is -3.52. The van der Waals surface area contributed by atoms with Gasteiger partial charge >= 0.3 is 0 Å². The van der Waals surface area contributed by atoms with Gasteiger partial charge in [-0.05, 0) is 77.6 Å². The summed E-state index contributed by atoms with van der Waals surface area (Å²) in [6.45, 7) is 14.2. The van der Waals surface area contributed by atoms with E-state index in [1.807, 2.05) is 0 Å². The minimum Gasteiger partial charge on any atom is -0.378 e. The first kappa shape index (κ1) is 28.5. The maximum absolute atomic E-state index is 4.67. The molecule has 1 aliphatic rings. The number of benzene rings is 3. The van der Waals surface area contributed by atoms with Crippen LogP contribution < -0.4 is 9.80 Å². The third kappa shape index (κ3) is 7.99. The van der Waals surface area contributed by atoms with Crippen molar-refractivity contribution in [1.82, 2.24) is 0 Å². The van der Waals surface area contributed by atoms with E-state index in [0.717, 1.165) is 13.0 Å². The van der Waals surface area contributed by atoms with Crippen LogP contribution in [0.5, 0.6) is 0 Å². The second-order valence-corrected chi connectivity index (χ2v) is 11.7. The fraction of sp³-hybridized carbons (Fsp3) is 0.351. The third-order valence-electron chi connectivity index (χ3n) is 7.80. The molecule has 2 nitrogen and oxygen atoms in total. The lowest BCUT2D eigenvalue weighted by Gasteiger charge is -2.34. The van der Waals surface area contributed by atoms with Crippen molar-refractivity contribution in [3.8, 4) is 11.1 Å². The van der Waals surface area contributed by atoms with Crippen LogP contribution in [-0.2, 0) is 6.54 Å². The number of allylic oxidation sites excluding steroid dienone is 3. The molecule has 0 aromatic heterocycles. The monoisotopic (exact) mass is 518 g/mol. The van der Waals surface area contributed by atoms with Gasteiger partial charge in [0.1, 0.15) is 0 Å². The predicted octanol–water partition coefficient (Wildman–Crippen LogP) is 10.1. The number of hydrogen-bond donors (Lipinski definition) is 0. The molecule has 0 amide bonds. The highest BCUT2D eigenvalue weighted by Gasteiger charge is 2.22. The molecule has 3 aromatic rings. The van der Waals surface area contributed by atoms with Crippen LogP contribution in [-0.4, -0.2) is 14.1 Å². The molecule has 0 atom stereocenters. The highest BCUT2D eigenvalue weighted by Crippen LogP contribution is 2.35. The average Bonchev–Trinajstić information content (AvgIpc) is 2.95. The second kappa shape index (κ2) is 13.5. The lowest BCUT2D eigenvalue weighted by Crippen LogP contribution is -2.27. The van der Waals surface area contributed by atoms with E-state index in [1.165, 1.54) is 77.0 Å². The van der Waals surface area contributed by atoms with E-state index in [9.17, 15) is 0 Å². The standard InChI is InChI=1S/C37H46N2/c1-28(2)25-29(3)15-16-31-11-10-14-37(26-31)39(30(4)33-12-8-7-9-13-33)27-32-17-19-34(20-18-32)35-21-23-36(24-22-35)38(5)6/h10-11,14-24,26,28,33H,3-4,7-9,12-13,25,27H2,1-2,5-6H3/b16-15+. The van der Waals surface area contributed by atoms with Crippen molar-refractivity contribution >= 4 is 17.5 Å². The van der Waals surface area contributed by atoms with Crippen LogP contribution in [0.3, 0.4) is 0 Å². The zero-order chi connectivity index (χ0) is 27.8. The van der Waals surface area contributed by atoms with E-state index >= 15 is 0 Å². The summed E-state index contributed by atoms with van der Waals surface area (Å²) in [5, 5.41) is 0. The number of nitrogens with zero attached hydrogens (tertiary/aromatic N) is 2. The van der Waals surface area contributed by atoms with Crippen molar-refractivity contribution < 1.29 is 0 Å². The molecular weight excluding hydrogens is 472 g/mol. The van der Waals surface area contributed by atoms with Crippen LogP contribution in [0.4, 0.5) is 11.4 Å². The summed E-state index contributed by atoms with van der Waals surface area (Å²) in [6.07, 6.45) is 11.8. The third-order valence-corrected chi connectivity index (χ3v) is 7.80. The first-order chi connectivity index (χ1) is 18.8. The summed E-state index contributed by atoms with van der Waals surface area (Å²) >= 11 is 0. The molecule has 1 saturated carbocycles. The van der Waals surface area contributed by atoms with Crippen molar-refractivity contribution in [3.05, 3.63) is 114 Å². The topological polar surface area (TPSA) is 6.48 Å². The summed E-state index contributed by atoms with van der Waals surface area (Å²) in [6, 6.07) is 26.7. The Morgan fingerprint density at radius 3 is 2.10 bits per heavy atom. The van der Waals surface area contributed by atoms with Gasteiger partial charge in [0.15, 0.2) is 0 Å². The summed E-state index contributed by atoms with van der Waals surface area (Å²) in [7, 11) is 4.15. The fourth-order valence-electron chi connectivity index (χ4n) is 5.55. The van der Waals surface area contributed by atoms with Gasteiger partial charge in [-0.1, -0.05) is 113 Å². The molecule has 0 saturated heterocycles. The van der Waals surface area contributed by atoms with E-state index in [0.29, 0.717) is 11.8 Å². The molecular formula is C37H46N2. The largest absolute Gasteiger partial charge is 0.378 e. The van der Waals surface area contributed by atoms with Gasteiger partial charge in [-0.15, -0.1) is 0 Å². The fourth-order valence-corrected chi connectivity index (χ4v) is 5.55. The van der Waals surface area contributed by atoms with Gasteiger partial charge in [0, 0.05) is 37.7 Å². The molecule has 2 heteroatoms. The Balaban J connectivity index is 1.56. The molecule has 1 aliphatic carbocycles. The molecule has 0 N–H and O–H groups in total. The van der Waals surface area contributed by atoms with E-state index in [4.69, 9.17) is 0 Å². The number of anilines is 2. The number of rotatable bonds is 11. The Labute approximate surface area is 237 Å². The van der Waals surface area contributed by atoms with Gasteiger partial charge in [0.2, 0.25) is 0 Å². The van der Waals surface area contributed by atoms with Crippen LogP contribution in [0, 0.1) is 11.8 Å². The summed E-state index contributed by atoms with van der Waals surface area (Å²) in [4.78, 5) is 4.59. The molecule has 0 radical (unpaired) electrons. The summed E-state index contributed by atoms with van der Waals surface area (Å²) < 4.78 is 0. The van der Waals surface area contributed by atoms with E-state index in [2.05, 4.69) is 136 Å². The van der Waals surface area contributed by atoms with Gasteiger partial charge in [0.05, 0.1) is 0 Å². The van der Waals surface area contributed by atoms with Gasteiger partial charge in [-0.3, -0.25) is 0 Å². The molecule has 1 fully saturated rings. The van der Waals surface area contributed by atoms with E-state index < -0.39 is 0 Å². The molecule has 0 bridgehead atoms. The highest BCUT2D eigenvalue weighted by atomic mass is 15.1. The smallest absolute Gasteiger partial charge is 0.0478 e. The Morgan fingerprint density at radius 1 is 0.846 bits per heavy atom. The Bertz CT molecular complexity index is 1260. The quantitative estimate of drug-likeness (QED) is 0.233. The molecule has 0 aliphatic heterocycles. The van der Waals surface area contributed by atoms with Crippen LogP contribution in [0.2, 0.25) is 0 Å². The van der Waals surface area contributed by atoms with E-state index in [1.54, 1.807) is 0 Å². The maximum Gasteiger partial charge on any atom is 0.0478 e. The Morgan fingerprint density at radius 2 is 1.49 bits per heavy atom. The minimum absolute atomic E-state index is 0.554. The van der Waals surface area contributed by atoms with Crippen LogP contribution in [0.25, 0.3) is 17.2 Å². The molecule has 39 heavy (non-hydrogen) atoms. The molecule has 0 unspecified atom stereocenters. The van der Waals surface area contributed by atoms with Crippen LogP contribution >= 0.6 is 0 Å². The van der Waals surface area contributed by atoms with Crippen molar-refractivity contribution in [2.45, 2.75) is 58.9 Å². The van der Waals surface area contributed by atoms with Crippen LogP contribution in [0.15, 0.2) is 103 Å². The van der Waals surface area contributed by atoms with E-state index in [-0.39, 0.29) is 0 Å². The maximum atomic E-state index is 4.67. The van der Waals surface area contributed by atoms with Crippen molar-refractivity contribution in [2.24, 2.45) is 11.8 Å². The van der Waals surface area contributed by atoms with Gasteiger partial charge in [-0.25, -0.2) is 0 Å². The van der Waals surface area contributed by atoms with Crippen LogP contribution in [0.1, 0.15) is 63.5 Å². The molecule has 3 aromatic carbocycles. The van der Waals surface area contributed by atoms with Gasteiger partial charge < -0.3 is 9.80 Å². The first-order valence-electron chi connectivity index (χ1n) is 14.6. The zero-order valence-electron chi connectivity index (χ0n) is 24.5. The second-order valence-electron chi connectivity index (χ2n) is 11.7.